The van der Waals surface area contributed by atoms with Crippen molar-refractivity contribution in [2.24, 2.45) is 5.92 Å². The first-order valence-corrected chi connectivity index (χ1v) is 10.2. The monoisotopic (exact) mass is 367 g/mol. The summed E-state index contributed by atoms with van der Waals surface area (Å²) < 4.78 is 27.6. The molecule has 7 nitrogen and oxygen atoms in total. The quantitative estimate of drug-likeness (QED) is 0.615. The summed E-state index contributed by atoms with van der Waals surface area (Å²) in [4.78, 5) is 10.7. The lowest BCUT2D eigenvalue weighted by molar-refractivity contribution is -0.385. The highest BCUT2D eigenvalue weighted by molar-refractivity contribution is 7.89. The standard InChI is InChI=1S/C17H25N3O4S/c1-12-9-16(20(21)22)10-13(2)17(12)25(23,24)19-7-5-15(6-8-19)18-11-14-3-4-14/h9-10,14-15,18H,3-8,11H2,1-2H3. The maximum absolute atomic E-state index is 13.0. The van der Waals surface area contributed by atoms with Crippen molar-refractivity contribution in [3.63, 3.8) is 0 Å². The first kappa shape index (κ1) is 18.3. The first-order valence-electron chi connectivity index (χ1n) is 8.78. The number of benzene rings is 1. The van der Waals surface area contributed by atoms with Gasteiger partial charge in [-0.2, -0.15) is 4.31 Å². The predicted octanol–water partition coefficient (Wildman–Crippen LogP) is 2.36. The van der Waals surface area contributed by atoms with Crippen LogP contribution in [0.2, 0.25) is 0 Å². The molecule has 8 heteroatoms. The maximum Gasteiger partial charge on any atom is 0.270 e. The Balaban J connectivity index is 1.72. The van der Waals surface area contributed by atoms with Gasteiger partial charge in [0.15, 0.2) is 0 Å². The number of nitrogens with one attached hydrogen (secondary N) is 1. The third kappa shape index (κ3) is 4.02. The van der Waals surface area contributed by atoms with Crippen molar-refractivity contribution < 1.29 is 13.3 Å². The van der Waals surface area contributed by atoms with E-state index in [-0.39, 0.29) is 10.6 Å². The molecule has 1 saturated carbocycles. The van der Waals surface area contributed by atoms with Crippen LogP contribution in [0, 0.1) is 29.9 Å². The molecule has 3 rings (SSSR count). The fourth-order valence-electron chi connectivity index (χ4n) is 3.52. The molecule has 0 spiro atoms. The summed E-state index contributed by atoms with van der Waals surface area (Å²) in [5, 5.41) is 14.5. The van der Waals surface area contributed by atoms with Gasteiger partial charge in [-0.15, -0.1) is 0 Å². The van der Waals surface area contributed by atoms with Crippen LogP contribution in [0.1, 0.15) is 36.8 Å². The van der Waals surface area contributed by atoms with Gasteiger partial charge >= 0.3 is 0 Å². The van der Waals surface area contributed by atoms with Crippen molar-refractivity contribution in [1.82, 2.24) is 9.62 Å². The van der Waals surface area contributed by atoms with Crippen LogP contribution in [0.3, 0.4) is 0 Å². The fraction of sp³-hybridized carbons (Fsp3) is 0.647. The summed E-state index contributed by atoms with van der Waals surface area (Å²) in [6.45, 7) is 5.26. The van der Waals surface area contributed by atoms with Crippen LogP contribution in [-0.4, -0.2) is 43.3 Å². The molecular formula is C17H25N3O4S. The van der Waals surface area contributed by atoms with E-state index in [1.807, 2.05) is 0 Å². The van der Waals surface area contributed by atoms with E-state index in [2.05, 4.69) is 5.32 Å². The van der Waals surface area contributed by atoms with E-state index in [4.69, 9.17) is 0 Å². The van der Waals surface area contributed by atoms with E-state index in [1.165, 1.54) is 29.3 Å². The van der Waals surface area contributed by atoms with Crippen LogP contribution < -0.4 is 5.32 Å². The lowest BCUT2D eigenvalue weighted by Crippen LogP contribution is -2.45. The minimum absolute atomic E-state index is 0.0723. The second kappa shape index (κ2) is 7.01. The normalized spacial score (nSPS) is 19.9. The van der Waals surface area contributed by atoms with Gasteiger partial charge in [-0.3, -0.25) is 10.1 Å². The highest BCUT2D eigenvalue weighted by Gasteiger charge is 2.33. The first-order chi connectivity index (χ1) is 11.8. The zero-order valence-corrected chi connectivity index (χ0v) is 15.5. The largest absolute Gasteiger partial charge is 0.314 e. The Kier molecular flexibility index (Phi) is 5.13. The molecule has 1 heterocycles. The Morgan fingerprint density at radius 2 is 1.72 bits per heavy atom. The van der Waals surface area contributed by atoms with Crippen LogP contribution in [-0.2, 0) is 10.0 Å². The second-order valence-electron chi connectivity index (χ2n) is 7.20. The number of aryl methyl sites for hydroxylation is 2. The molecule has 0 unspecified atom stereocenters. The Labute approximate surface area is 148 Å². The van der Waals surface area contributed by atoms with Crippen molar-refractivity contribution in [2.75, 3.05) is 19.6 Å². The van der Waals surface area contributed by atoms with Gasteiger partial charge in [0.2, 0.25) is 10.0 Å². The van der Waals surface area contributed by atoms with E-state index in [0.29, 0.717) is 30.3 Å². The number of hydrogen-bond donors (Lipinski definition) is 1. The van der Waals surface area contributed by atoms with Crippen LogP contribution in [0.5, 0.6) is 0 Å². The number of sulfonamides is 1. The van der Waals surface area contributed by atoms with Gasteiger partial charge in [-0.05, 0) is 63.1 Å². The van der Waals surface area contributed by atoms with Crippen LogP contribution in [0.15, 0.2) is 17.0 Å². The van der Waals surface area contributed by atoms with Crippen molar-refractivity contribution in [3.8, 4) is 0 Å². The van der Waals surface area contributed by atoms with Crippen LogP contribution in [0.25, 0.3) is 0 Å². The van der Waals surface area contributed by atoms with Gasteiger partial charge in [0.1, 0.15) is 0 Å². The summed E-state index contributed by atoms with van der Waals surface area (Å²) in [6, 6.07) is 3.05. The maximum atomic E-state index is 13.0. The number of non-ortho nitro benzene ring substituents is 1. The molecule has 25 heavy (non-hydrogen) atoms. The molecule has 0 amide bonds. The molecule has 0 bridgehead atoms. The van der Waals surface area contributed by atoms with E-state index in [0.717, 1.165) is 25.3 Å². The number of rotatable bonds is 6. The van der Waals surface area contributed by atoms with Gasteiger partial charge in [-0.1, -0.05) is 0 Å². The van der Waals surface area contributed by atoms with Crippen LogP contribution >= 0.6 is 0 Å². The smallest absolute Gasteiger partial charge is 0.270 e. The van der Waals surface area contributed by atoms with Crippen molar-refractivity contribution in [1.29, 1.82) is 0 Å². The molecule has 1 aromatic carbocycles. The van der Waals surface area contributed by atoms with E-state index >= 15 is 0 Å². The summed E-state index contributed by atoms with van der Waals surface area (Å²) in [6.07, 6.45) is 4.21. The lowest BCUT2D eigenvalue weighted by Gasteiger charge is -2.32. The van der Waals surface area contributed by atoms with Gasteiger partial charge in [0.25, 0.3) is 5.69 Å². The highest BCUT2D eigenvalue weighted by atomic mass is 32.2. The van der Waals surface area contributed by atoms with E-state index < -0.39 is 14.9 Å². The van der Waals surface area contributed by atoms with E-state index in [9.17, 15) is 18.5 Å². The van der Waals surface area contributed by atoms with Crippen molar-refractivity contribution >= 4 is 15.7 Å². The number of nitro groups is 1. The minimum atomic E-state index is -3.63. The molecule has 0 aromatic heterocycles. The molecule has 2 fully saturated rings. The number of nitro benzene ring substituents is 1. The predicted molar refractivity (Wildman–Crippen MR) is 95.1 cm³/mol. The zero-order chi connectivity index (χ0) is 18.2. The average molecular weight is 367 g/mol. The Bertz CT molecular complexity index is 743. The molecule has 1 N–H and O–H groups in total. The minimum Gasteiger partial charge on any atom is -0.314 e. The molecule has 0 radical (unpaired) electrons. The van der Waals surface area contributed by atoms with Gasteiger partial charge in [0, 0.05) is 31.3 Å². The summed E-state index contributed by atoms with van der Waals surface area (Å²) in [5.41, 5.74) is 0.790. The molecule has 1 saturated heterocycles. The zero-order valence-electron chi connectivity index (χ0n) is 14.7. The van der Waals surface area contributed by atoms with Gasteiger partial charge in [0.05, 0.1) is 9.82 Å². The van der Waals surface area contributed by atoms with Gasteiger partial charge < -0.3 is 5.32 Å². The molecule has 1 aromatic rings. The Morgan fingerprint density at radius 3 is 2.20 bits per heavy atom. The van der Waals surface area contributed by atoms with E-state index in [1.54, 1.807) is 13.8 Å². The van der Waals surface area contributed by atoms with Crippen LogP contribution in [0.4, 0.5) is 5.69 Å². The SMILES string of the molecule is Cc1cc([N+](=O)[O-])cc(C)c1S(=O)(=O)N1CCC(NCC2CC2)CC1. The molecule has 138 valence electrons. The highest BCUT2D eigenvalue weighted by Crippen LogP contribution is 2.30. The molecule has 1 aliphatic heterocycles. The Morgan fingerprint density at radius 1 is 1.16 bits per heavy atom. The summed E-state index contributed by atoms with van der Waals surface area (Å²) in [5.74, 6) is 0.812. The summed E-state index contributed by atoms with van der Waals surface area (Å²) >= 11 is 0. The third-order valence-electron chi connectivity index (χ3n) is 5.10. The molecule has 1 aliphatic carbocycles. The van der Waals surface area contributed by atoms with Gasteiger partial charge in [-0.25, -0.2) is 8.42 Å². The molecular weight excluding hydrogens is 342 g/mol. The fourth-order valence-corrected chi connectivity index (χ4v) is 5.41. The third-order valence-corrected chi connectivity index (χ3v) is 7.30. The second-order valence-corrected chi connectivity index (χ2v) is 9.07. The summed E-state index contributed by atoms with van der Waals surface area (Å²) in [7, 11) is -3.63. The number of hydrogen-bond acceptors (Lipinski definition) is 5. The Hall–Kier alpha value is -1.51. The molecule has 2 aliphatic rings. The molecule has 0 atom stereocenters. The number of piperidine rings is 1. The number of nitrogens with zero attached hydrogens (tertiary/aromatic N) is 2. The van der Waals surface area contributed by atoms with Crippen molar-refractivity contribution in [2.45, 2.75) is 50.5 Å². The van der Waals surface area contributed by atoms with Crippen molar-refractivity contribution in [3.05, 3.63) is 33.4 Å². The topological polar surface area (TPSA) is 92.5 Å². The average Bonchev–Trinajstić information content (AvgIpc) is 3.36. The lowest BCUT2D eigenvalue weighted by atomic mass is 10.1.